The van der Waals surface area contributed by atoms with E-state index in [2.05, 4.69) is 18.3 Å². The zero-order valence-electron chi connectivity index (χ0n) is 11.5. The van der Waals surface area contributed by atoms with Gasteiger partial charge in [0.05, 0.1) is 0 Å². The molecule has 0 saturated carbocycles. The van der Waals surface area contributed by atoms with E-state index in [1.165, 1.54) is 18.4 Å². The van der Waals surface area contributed by atoms with Crippen molar-refractivity contribution >= 4 is 0 Å². The normalized spacial score (nSPS) is 23.6. The maximum atomic E-state index is 14.9. The van der Waals surface area contributed by atoms with Crippen molar-refractivity contribution < 1.29 is 4.39 Å². The third kappa shape index (κ3) is 3.32. The Morgan fingerprint density at radius 3 is 2.89 bits per heavy atom. The Kier molecular flexibility index (Phi) is 4.39. The summed E-state index contributed by atoms with van der Waals surface area (Å²) in [6.45, 7) is 4.87. The molecule has 18 heavy (non-hydrogen) atoms. The van der Waals surface area contributed by atoms with Gasteiger partial charge in [-0.25, -0.2) is 4.39 Å². The average molecular weight is 249 g/mol. The summed E-state index contributed by atoms with van der Waals surface area (Å²) in [5.74, 6) is 0. The van der Waals surface area contributed by atoms with E-state index in [0.717, 1.165) is 24.9 Å². The lowest BCUT2D eigenvalue weighted by Crippen LogP contribution is -2.38. The predicted molar refractivity (Wildman–Crippen MR) is 74.5 cm³/mol. The molecule has 0 radical (unpaired) electrons. The Bertz CT molecular complexity index is 380. The second-order valence-electron chi connectivity index (χ2n) is 5.60. The highest BCUT2D eigenvalue weighted by Crippen LogP contribution is 2.32. The Morgan fingerprint density at radius 2 is 2.22 bits per heavy atom. The van der Waals surface area contributed by atoms with Crippen LogP contribution in [0.1, 0.15) is 50.7 Å². The van der Waals surface area contributed by atoms with E-state index < -0.39 is 5.67 Å². The van der Waals surface area contributed by atoms with E-state index in [9.17, 15) is 4.39 Å². The fourth-order valence-corrected chi connectivity index (χ4v) is 2.79. The summed E-state index contributed by atoms with van der Waals surface area (Å²) in [7, 11) is 0. The summed E-state index contributed by atoms with van der Waals surface area (Å²) in [5, 5.41) is 3.43. The van der Waals surface area contributed by atoms with Gasteiger partial charge in [-0.05, 0) is 43.9 Å². The first kappa shape index (κ1) is 13.5. The quantitative estimate of drug-likeness (QED) is 0.851. The van der Waals surface area contributed by atoms with E-state index >= 15 is 0 Å². The molecule has 1 saturated heterocycles. The summed E-state index contributed by atoms with van der Waals surface area (Å²) >= 11 is 0. The number of piperidine rings is 1. The van der Waals surface area contributed by atoms with Gasteiger partial charge >= 0.3 is 0 Å². The van der Waals surface area contributed by atoms with Crippen molar-refractivity contribution in [1.29, 1.82) is 0 Å². The molecule has 0 aromatic heterocycles. The Labute approximate surface area is 110 Å². The summed E-state index contributed by atoms with van der Waals surface area (Å²) in [5.41, 5.74) is 0.822. The molecule has 1 N–H and O–H groups in total. The van der Waals surface area contributed by atoms with Crippen molar-refractivity contribution in [1.82, 2.24) is 5.32 Å². The molecule has 1 aromatic carbocycles. The lowest BCUT2D eigenvalue weighted by Gasteiger charge is -2.30. The van der Waals surface area contributed by atoms with Crippen LogP contribution in [-0.2, 0) is 12.1 Å². The Hall–Kier alpha value is -0.890. The number of hydrogen-bond acceptors (Lipinski definition) is 1. The smallest absolute Gasteiger partial charge is 0.134 e. The summed E-state index contributed by atoms with van der Waals surface area (Å²) in [4.78, 5) is 0. The maximum Gasteiger partial charge on any atom is 0.134 e. The second-order valence-corrected chi connectivity index (χ2v) is 5.60. The number of aryl methyl sites for hydroxylation is 1. The number of nitrogens with one attached hydrogen (secondary N) is 1. The highest BCUT2D eigenvalue weighted by Gasteiger charge is 2.30. The topological polar surface area (TPSA) is 12.0 Å². The van der Waals surface area contributed by atoms with E-state index in [4.69, 9.17) is 0 Å². The number of hydrogen-bond donors (Lipinski definition) is 1. The van der Waals surface area contributed by atoms with Gasteiger partial charge in [0.25, 0.3) is 0 Å². The van der Waals surface area contributed by atoms with Crippen LogP contribution in [0.3, 0.4) is 0 Å². The maximum absolute atomic E-state index is 14.9. The second kappa shape index (κ2) is 5.83. The standard InChI is InChI=1S/C16H24FN/c1-3-13-7-6-8-14(11-13)16(2,17)12-15-9-4-5-10-18-15/h6-8,11,15,18H,3-5,9-10,12H2,1-2H3. The van der Waals surface area contributed by atoms with Crippen LogP contribution in [0.2, 0.25) is 0 Å². The first-order valence-electron chi connectivity index (χ1n) is 7.13. The molecule has 0 amide bonds. The molecule has 2 unspecified atom stereocenters. The van der Waals surface area contributed by atoms with Crippen molar-refractivity contribution in [3.05, 3.63) is 35.4 Å². The fraction of sp³-hybridized carbons (Fsp3) is 0.625. The van der Waals surface area contributed by atoms with Crippen molar-refractivity contribution in [3.8, 4) is 0 Å². The molecule has 0 bridgehead atoms. The molecule has 0 aliphatic carbocycles. The van der Waals surface area contributed by atoms with Crippen LogP contribution in [0.5, 0.6) is 0 Å². The van der Waals surface area contributed by atoms with Gasteiger partial charge in [0, 0.05) is 12.5 Å². The third-order valence-electron chi connectivity index (χ3n) is 3.98. The van der Waals surface area contributed by atoms with Crippen LogP contribution in [0.25, 0.3) is 0 Å². The molecular weight excluding hydrogens is 225 g/mol. The monoisotopic (exact) mass is 249 g/mol. The van der Waals surface area contributed by atoms with E-state index in [-0.39, 0.29) is 0 Å². The van der Waals surface area contributed by atoms with Crippen LogP contribution in [0.4, 0.5) is 4.39 Å². The summed E-state index contributed by atoms with van der Waals surface area (Å²) in [6, 6.07) is 8.31. The van der Waals surface area contributed by atoms with Crippen LogP contribution in [0, 0.1) is 0 Å². The summed E-state index contributed by atoms with van der Waals surface area (Å²) in [6.07, 6.45) is 5.10. The van der Waals surface area contributed by atoms with Gasteiger partial charge in [0.1, 0.15) is 5.67 Å². The number of rotatable bonds is 4. The van der Waals surface area contributed by atoms with Gasteiger partial charge in [-0.1, -0.05) is 37.6 Å². The molecule has 1 aromatic rings. The van der Waals surface area contributed by atoms with E-state index in [1.54, 1.807) is 6.92 Å². The van der Waals surface area contributed by atoms with Gasteiger partial charge in [-0.3, -0.25) is 0 Å². The van der Waals surface area contributed by atoms with Crippen LogP contribution < -0.4 is 5.32 Å². The van der Waals surface area contributed by atoms with Gasteiger partial charge in [0.15, 0.2) is 0 Å². The lowest BCUT2D eigenvalue weighted by molar-refractivity contribution is 0.146. The van der Waals surface area contributed by atoms with E-state index in [1.807, 2.05) is 18.2 Å². The van der Waals surface area contributed by atoms with Crippen molar-refractivity contribution in [2.45, 2.75) is 57.7 Å². The first-order chi connectivity index (χ1) is 8.62. The van der Waals surface area contributed by atoms with Gasteiger partial charge in [-0.2, -0.15) is 0 Å². The van der Waals surface area contributed by atoms with Crippen molar-refractivity contribution in [2.24, 2.45) is 0 Å². The van der Waals surface area contributed by atoms with Gasteiger partial charge in [0.2, 0.25) is 0 Å². The molecule has 2 heteroatoms. The molecular formula is C16H24FN. The molecule has 1 aliphatic heterocycles. The Morgan fingerprint density at radius 1 is 1.39 bits per heavy atom. The molecule has 2 atom stereocenters. The molecule has 1 aliphatic rings. The highest BCUT2D eigenvalue weighted by molar-refractivity contribution is 5.28. The first-order valence-corrected chi connectivity index (χ1v) is 7.13. The molecule has 100 valence electrons. The molecule has 1 fully saturated rings. The molecule has 1 heterocycles. The number of alkyl halides is 1. The molecule has 1 nitrogen and oxygen atoms in total. The Balaban J connectivity index is 2.08. The lowest BCUT2D eigenvalue weighted by atomic mass is 9.87. The van der Waals surface area contributed by atoms with Crippen LogP contribution in [-0.4, -0.2) is 12.6 Å². The zero-order chi connectivity index (χ0) is 13.0. The van der Waals surface area contributed by atoms with Gasteiger partial charge in [-0.15, -0.1) is 0 Å². The molecule has 2 rings (SSSR count). The predicted octanol–water partition coefficient (Wildman–Crippen LogP) is 3.97. The molecule has 0 spiro atoms. The average Bonchev–Trinajstić information content (AvgIpc) is 2.39. The van der Waals surface area contributed by atoms with Crippen molar-refractivity contribution in [3.63, 3.8) is 0 Å². The minimum atomic E-state index is -1.22. The minimum Gasteiger partial charge on any atom is -0.314 e. The highest BCUT2D eigenvalue weighted by atomic mass is 19.1. The minimum absolute atomic E-state index is 0.332. The SMILES string of the molecule is CCc1cccc(C(C)(F)CC2CCCCN2)c1. The number of halogens is 1. The largest absolute Gasteiger partial charge is 0.314 e. The fourth-order valence-electron chi connectivity index (χ4n) is 2.79. The van der Waals surface area contributed by atoms with Crippen LogP contribution in [0.15, 0.2) is 24.3 Å². The van der Waals surface area contributed by atoms with Gasteiger partial charge < -0.3 is 5.32 Å². The third-order valence-corrected chi connectivity index (χ3v) is 3.98. The van der Waals surface area contributed by atoms with Crippen molar-refractivity contribution in [2.75, 3.05) is 6.54 Å². The summed E-state index contributed by atoms with van der Waals surface area (Å²) < 4.78 is 14.9. The number of benzene rings is 1. The van der Waals surface area contributed by atoms with E-state index in [0.29, 0.717) is 12.5 Å². The van der Waals surface area contributed by atoms with Crippen LogP contribution >= 0.6 is 0 Å². The zero-order valence-corrected chi connectivity index (χ0v) is 11.5.